The van der Waals surface area contributed by atoms with Crippen molar-refractivity contribution < 1.29 is 14.3 Å². The van der Waals surface area contributed by atoms with Crippen molar-refractivity contribution in [2.24, 2.45) is 5.73 Å². The van der Waals surface area contributed by atoms with Crippen molar-refractivity contribution in [3.8, 4) is 5.75 Å². The van der Waals surface area contributed by atoms with Crippen molar-refractivity contribution in [2.45, 2.75) is 26.2 Å². The summed E-state index contributed by atoms with van der Waals surface area (Å²) < 4.78 is 5.26. The fraction of sp³-hybridized carbons (Fsp3) is 0.200. The van der Waals surface area contributed by atoms with Crippen molar-refractivity contribution in [2.75, 3.05) is 23.1 Å². The Hall–Kier alpha value is -4.31. The Kier molecular flexibility index (Phi) is 6.71. The minimum absolute atomic E-state index is 0.146. The van der Waals surface area contributed by atoms with Crippen molar-refractivity contribution in [1.29, 1.82) is 0 Å². The number of amides is 3. The fourth-order valence-corrected chi connectivity index (χ4v) is 3.77. The van der Waals surface area contributed by atoms with Crippen LogP contribution in [-0.2, 0) is 5.41 Å². The molecule has 186 valence electrons. The molecule has 0 bridgehead atoms. The number of methoxy groups -OCH3 is 1. The zero-order valence-electron chi connectivity index (χ0n) is 20.2. The van der Waals surface area contributed by atoms with Gasteiger partial charge in [0.15, 0.2) is 0 Å². The lowest BCUT2D eigenvalue weighted by Crippen LogP contribution is -2.20. The monoisotopic (exact) mass is 507 g/mol. The zero-order valence-corrected chi connectivity index (χ0v) is 20.9. The summed E-state index contributed by atoms with van der Waals surface area (Å²) in [5.41, 5.74) is 8.84. The highest BCUT2D eigenvalue weighted by Crippen LogP contribution is 2.33. The van der Waals surface area contributed by atoms with E-state index in [1.54, 1.807) is 48.7 Å². The van der Waals surface area contributed by atoms with E-state index in [1.807, 2.05) is 20.8 Å². The van der Waals surface area contributed by atoms with E-state index in [-0.39, 0.29) is 11.0 Å². The Morgan fingerprint density at radius 2 is 1.83 bits per heavy atom. The number of benzene rings is 2. The molecule has 0 fully saturated rings. The van der Waals surface area contributed by atoms with Crippen LogP contribution in [0.15, 0.2) is 48.7 Å². The number of aromatic amines is 1. The molecule has 10 nitrogen and oxygen atoms in total. The molecule has 0 aliphatic carbocycles. The van der Waals surface area contributed by atoms with E-state index in [0.29, 0.717) is 44.6 Å². The number of carbonyl (C=O) groups excluding carboxylic acids is 2. The van der Waals surface area contributed by atoms with Gasteiger partial charge in [0.1, 0.15) is 11.6 Å². The van der Waals surface area contributed by atoms with Crippen LogP contribution in [0.3, 0.4) is 0 Å². The fourth-order valence-electron chi connectivity index (χ4n) is 3.54. The van der Waals surface area contributed by atoms with Crippen LogP contribution >= 0.6 is 11.6 Å². The maximum absolute atomic E-state index is 12.5. The molecule has 2 aromatic carbocycles. The SMILES string of the molecule is COc1cc2nccc(Nc3ccc(NC(=O)Nc4cc(C(C)(C)C)n[nH]4)c(Cl)c3)c2cc1C(N)=O. The van der Waals surface area contributed by atoms with Crippen LogP contribution in [-0.4, -0.2) is 34.2 Å². The predicted molar refractivity (Wildman–Crippen MR) is 141 cm³/mol. The molecular weight excluding hydrogens is 482 g/mol. The zero-order chi connectivity index (χ0) is 26.0. The second-order valence-corrected chi connectivity index (χ2v) is 9.52. The average Bonchev–Trinajstić information content (AvgIpc) is 3.29. The first kappa shape index (κ1) is 24.8. The van der Waals surface area contributed by atoms with E-state index in [9.17, 15) is 9.59 Å². The van der Waals surface area contributed by atoms with Gasteiger partial charge in [0.25, 0.3) is 5.91 Å². The number of nitrogens with zero attached hydrogens (tertiary/aromatic N) is 2. The maximum Gasteiger partial charge on any atom is 0.324 e. The molecule has 4 aromatic rings. The van der Waals surface area contributed by atoms with Crippen LogP contribution < -0.4 is 26.4 Å². The number of nitrogens with two attached hydrogens (primary N) is 1. The number of H-pyrrole nitrogens is 1. The maximum atomic E-state index is 12.5. The second-order valence-electron chi connectivity index (χ2n) is 9.11. The first-order valence-corrected chi connectivity index (χ1v) is 11.4. The van der Waals surface area contributed by atoms with Crippen LogP contribution in [0, 0.1) is 0 Å². The first-order valence-electron chi connectivity index (χ1n) is 11.0. The second kappa shape index (κ2) is 9.74. The number of halogens is 1. The largest absolute Gasteiger partial charge is 0.496 e. The number of ether oxygens (including phenoxy) is 1. The molecule has 3 amide bonds. The molecular formula is C25H26ClN7O3. The third-order valence-electron chi connectivity index (χ3n) is 5.42. The van der Waals surface area contributed by atoms with E-state index in [1.165, 1.54) is 7.11 Å². The van der Waals surface area contributed by atoms with Gasteiger partial charge in [-0.05, 0) is 30.3 Å². The molecule has 0 saturated carbocycles. The van der Waals surface area contributed by atoms with Gasteiger partial charge < -0.3 is 21.1 Å². The number of fused-ring (bicyclic) bond motifs is 1. The molecule has 0 radical (unpaired) electrons. The summed E-state index contributed by atoms with van der Waals surface area (Å²) in [5, 5.41) is 16.7. The molecule has 0 spiro atoms. The Morgan fingerprint density at radius 3 is 2.47 bits per heavy atom. The van der Waals surface area contributed by atoms with Crippen LogP contribution in [0.1, 0.15) is 36.8 Å². The lowest BCUT2D eigenvalue weighted by atomic mass is 9.92. The van der Waals surface area contributed by atoms with E-state index in [2.05, 4.69) is 31.1 Å². The molecule has 0 atom stereocenters. The smallest absolute Gasteiger partial charge is 0.324 e. The predicted octanol–water partition coefficient (Wildman–Crippen LogP) is 5.40. The van der Waals surface area contributed by atoms with Crippen molar-refractivity contribution in [3.63, 3.8) is 0 Å². The van der Waals surface area contributed by atoms with Crippen molar-refractivity contribution in [1.82, 2.24) is 15.2 Å². The molecule has 0 aliphatic rings. The highest BCUT2D eigenvalue weighted by molar-refractivity contribution is 6.34. The van der Waals surface area contributed by atoms with E-state index in [4.69, 9.17) is 22.1 Å². The number of hydrogen-bond acceptors (Lipinski definition) is 6. The van der Waals surface area contributed by atoms with Crippen LogP contribution in [0.2, 0.25) is 5.02 Å². The Bertz CT molecular complexity index is 1460. The Balaban J connectivity index is 1.51. The lowest BCUT2D eigenvalue weighted by molar-refractivity contribution is 0.0997. The minimum Gasteiger partial charge on any atom is -0.496 e. The number of urea groups is 1. The van der Waals surface area contributed by atoms with Gasteiger partial charge in [-0.1, -0.05) is 32.4 Å². The van der Waals surface area contributed by atoms with Crippen LogP contribution in [0.5, 0.6) is 5.75 Å². The van der Waals surface area contributed by atoms with Gasteiger partial charge in [-0.15, -0.1) is 0 Å². The van der Waals surface area contributed by atoms with Crippen molar-refractivity contribution >= 4 is 57.3 Å². The standard InChI is InChI=1S/C25H26ClN7O3/c1-25(2,3)21-12-22(33-32-21)31-24(35)30-18-6-5-13(9-16(18)26)29-17-7-8-28-19-11-20(36-4)15(23(27)34)10-14(17)19/h5-12H,1-4H3,(H2,27,34)(H,28,29)(H3,30,31,32,33,35). The van der Waals surface area contributed by atoms with Gasteiger partial charge in [0.2, 0.25) is 0 Å². The minimum atomic E-state index is -0.606. The molecule has 4 rings (SSSR count). The average molecular weight is 508 g/mol. The summed E-state index contributed by atoms with van der Waals surface area (Å²) in [5.74, 6) is 0.217. The van der Waals surface area contributed by atoms with Gasteiger partial charge >= 0.3 is 6.03 Å². The highest BCUT2D eigenvalue weighted by atomic mass is 35.5. The summed E-state index contributed by atoms with van der Waals surface area (Å²) in [4.78, 5) is 28.7. The third kappa shape index (κ3) is 5.33. The molecule has 0 unspecified atom stereocenters. The van der Waals surface area contributed by atoms with Gasteiger partial charge in [0, 0.05) is 40.5 Å². The van der Waals surface area contributed by atoms with E-state index < -0.39 is 11.9 Å². The Labute approximate surface area is 212 Å². The van der Waals surface area contributed by atoms with Crippen molar-refractivity contribution in [3.05, 3.63) is 64.9 Å². The summed E-state index contributed by atoms with van der Waals surface area (Å²) in [7, 11) is 1.46. The van der Waals surface area contributed by atoms with E-state index >= 15 is 0 Å². The molecule has 36 heavy (non-hydrogen) atoms. The first-order chi connectivity index (χ1) is 17.0. The topological polar surface area (TPSA) is 147 Å². The number of anilines is 4. The number of aromatic nitrogens is 3. The Morgan fingerprint density at radius 1 is 1.06 bits per heavy atom. The van der Waals surface area contributed by atoms with E-state index in [0.717, 1.165) is 5.69 Å². The highest BCUT2D eigenvalue weighted by Gasteiger charge is 2.18. The molecule has 0 saturated heterocycles. The third-order valence-corrected chi connectivity index (χ3v) is 5.73. The summed E-state index contributed by atoms with van der Waals surface area (Å²) in [6, 6.07) is 11.5. The molecule has 11 heteroatoms. The number of carbonyl (C=O) groups is 2. The molecule has 0 aliphatic heterocycles. The number of rotatable bonds is 6. The van der Waals surface area contributed by atoms with Gasteiger partial charge in [-0.3, -0.25) is 20.2 Å². The van der Waals surface area contributed by atoms with Crippen LogP contribution in [0.25, 0.3) is 10.9 Å². The van der Waals surface area contributed by atoms with Gasteiger partial charge in [-0.25, -0.2) is 4.79 Å². The lowest BCUT2D eigenvalue weighted by Gasteiger charge is -2.14. The normalized spacial score (nSPS) is 11.2. The molecule has 2 aromatic heterocycles. The summed E-state index contributed by atoms with van der Waals surface area (Å²) >= 11 is 6.44. The number of pyridine rings is 1. The number of hydrogen-bond donors (Lipinski definition) is 5. The molecule has 6 N–H and O–H groups in total. The summed E-state index contributed by atoms with van der Waals surface area (Å²) in [6.45, 7) is 6.10. The number of nitrogens with one attached hydrogen (secondary N) is 4. The van der Waals surface area contributed by atoms with Gasteiger partial charge in [-0.2, -0.15) is 5.10 Å². The van der Waals surface area contributed by atoms with Gasteiger partial charge in [0.05, 0.1) is 34.6 Å². The molecule has 2 heterocycles. The number of primary amides is 1. The summed E-state index contributed by atoms with van der Waals surface area (Å²) in [6.07, 6.45) is 1.64. The quantitative estimate of drug-likeness (QED) is 0.236. The van der Waals surface area contributed by atoms with Crippen LogP contribution in [0.4, 0.5) is 27.7 Å².